The standard InChI is InChI=1S/C21H24N2O6S/c1-2-28-21(25)15-9-11-17(12-10-15)30(26,27)23-19-8-4-3-7-18(19)20(24)22-14-16-6-5-13-29-16/h3-4,7-12,16,23H,2,5-6,13-14H2,1H3,(H,22,24)/t16-/m0/s1. The lowest BCUT2D eigenvalue weighted by molar-refractivity contribution is 0.0526. The fourth-order valence-electron chi connectivity index (χ4n) is 3.07. The van der Waals surface area contributed by atoms with Gasteiger partial charge in [0.15, 0.2) is 0 Å². The predicted octanol–water partition coefficient (Wildman–Crippen LogP) is 2.57. The van der Waals surface area contributed by atoms with E-state index in [4.69, 9.17) is 9.47 Å². The van der Waals surface area contributed by atoms with E-state index in [1.807, 2.05) is 0 Å². The second kappa shape index (κ2) is 9.73. The molecular formula is C21H24N2O6S. The van der Waals surface area contributed by atoms with Crippen LogP contribution in [-0.4, -0.2) is 46.2 Å². The van der Waals surface area contributed by atoms with E-state index in [1.165, 1.54) is 30.3 Å². The number of benzene rings is 2. The number of esters is 1. The van der Waals surface area contributed by atoms with Crippen LogP contribution in [0.15, 0.2) is 53.4 Å². The van der Waals surface area contributed by atoms with Crippen LogP contribution in [0.4, 0.5) is 5.69 Å². The van der Waals surface area contributed by atoms with Crippen LogP contribution < -0.4 is 10.0 Å². The number of rotatable bonds is 8. The number of sulfonamides is 1. The van der Waals surface area contributed by atoms with Crippen LogP contribution in [-0.2, 0) is 19.5 Å². The maximum atomic E-state index is 12.8. The molecular weight excluding hydrogens is 408 g/mol. The van der Waals surface area contributed by atoms with Crippen molar-refractivity contribution in [3.63, 3.8) is 0 Å². The average Bonchev–Trinajstić information content (AvgIpc) is 3.26. The zero-order valence-electron chi connectivity index (χ0n) is 16.6. The summed E-state index contributed by atoms with van der Waals surface area (Å²) < 4.78 is 38.4. The molecule has 9 heteroatoms. The van der Waals surface area contributed by atoms with Crippen molar-refractivity contribution in [3.05, 3.63) is 59.7 Å². The molecule has 1 saturated heterocycles. The van der Waals surface area contributed by atoms with Crippen molar-refractivity contribution in [2.45, 2.75) is 30.8 Å². The molecule has 0 saturated carbocycles. The Morgan fingerprint density at radius 2 is 1.87 bits per heavy atom. The van der Waals surface area contributed by atoms with Crippen molar-refractivity contribution >= 4 is 27.6 Å². The van der Waals surface area contributed by atoms with Gasteiger partial charge in [-0.1, -0.05) is 12.1 Å². The lowest BCUT2D eigenvalue weighted by atomic mass is 10.1. The van der Waals surface area contributed by atoms with E-state index in [0.717, 1.165) is 12.8 Å². The maximum Gasteiger partial charge on any atom is 0.338 e. The molecule has 0 spiro atoms. The van der Waals surface area contributed by atoms with Crippen LogP contribution in [0.2, 0.25) is 0 Å². The molecule has 1 aliphatic heterocycles. The van der Waals surface area contributed by atoms with Crippen molar-refractivity contribution in [2.24, 2.45) is 0 Å². The van der Waals surface area contributed by atoms with Crippen molar-refractivity contribution in [2.75, 3.05) is 24.5 Å². The van der Waals surface area contributed by atoms with Gasteiger partial charge in [-0.3, -0.25) is 9.52 Å². The summed E-state index contributed by atoms with van der Waals surface area (Å²) >= 11 is 0. The van der Waals surface area contributed by atoms with Gasteiger partial charge in [0.1, 0.15) is 0 Å². The fourth-order valence-corrected chi connectivity index (χ4v) is 4.15. The summed E-state index contributed by atoms with van der Waals surface area (Å²) in [7, 11) is -3.96. The summed E-state index contributed by atoms with van der Waals surface area (Å²) in [6, 6.07) is 11.8. The normalized spacial score (nSPS) is 16.1. The van der Waals surface area contributed by atoms with E-state index >= 15 is 0 Å². The summed E-state index contributed by atoms with van der Waals surface area (Å²) in [6.07, 6.45) is 1.83. The van der Waals surface area contributed by atoms with E-state index in [-0.39, 0.29) is 40.3 Å². The van der Waals surface area contributed by atoms with Gasteiger partial charge in [0.25, 0.3) is 15.9 Å². The molecule has 2 aromatic rings. The molecule has 0 radical (unpaired) electrons. The number of hydrogen-bond donors (Lipinski definition) is 2. The molecule has 30 heavy (non-hydrogen) atoms. The van der Waals surface area contributed by atoms with E-state index in [0.29, 0.717) is 13.2 Å². The lowest BCUT2D eigenvalue weighted by Crippen LogP contribution is -2.32. The van der Waals surface area contributed by atoms with Gasteiger partial charge < -0.3 is 14.8 Å². The summed E-state index contributed by atoms with van der Waals surface area (Å²) in [6.45, 7) is 2.97. The van der Waals surface area contributed by atoms with Crippen molar-refractivity contribution < 1.29 is 27.5 Å². The number of ether oxygens (including phenoxy) is 2. The highest BCUT2D eigenvalue weighted by Gasteiger charge is 2.21. The highest BCUT2D eigenvalue weighted by Crippen LogP contribution is 2.21. The molecule has 1 atom stereocenters. The number of hydrogen-bond acceptors (Lipinski definition) is 6. The number of carbonyl (C=O) groups is 2. The van der Waals surface area contributed by atoms with Gasteiger partial charge in [0.05, 0.1) is 34.4 Å². The Balaban J connectivity index is 1.73. The van der Waals surface area contributed by atoms with Crippen LogP contribution in [0.5, 0.6) is 0 Å². The second-order valence-corrected chi connectivity index (χ2v) is 8.42. The summed E-state index contributed by atoms with van der Waals surface area (Å²) in [4.78, 5) is 24.3. The molecule has 0 aromatic heterocycles. The third kappa shape index (κ3) is 5.37. The van der Waals surface area contributed by atoms with Gasteiger partial charge >= 0.3 is 5.97 Å². The largest absolute Gasteiger partial charge is 0.462 e. The molecule has 2 N–H and O–H groups in total. The first-order valence-electron chi connectivity index (χ1n) is 9.69. The minimum absolute atomic E-state index is 0.0179. The van der Waals surface area contributed by atoms with Crippen molar-refractivity contribution in [3.8, 4) is 0 Å². The molecule has 0 aliphatic carbocycles. The number of carbonyl (C=O) groups excluding carboxylic acids is 2. The van der Waals surface area contributed by atoms with Crippen LogP contribution >= 0.6 is 0 Å². The number of nitrogens with one attached hydrogen (secondary N) is 2. The van der Waals surface area contributed by atoms with E-state index < -0.39 is 16.0 Å². The number of anilines is 1. The van der Waals surface area contributed by atoms with Crippen molar-refractivity contribution in [1.29, 1.82) is 0 Å². The third-order valence-corrected chi connectivity index (χ3v) is 5.99. The first-order valence-corrected chi connectivity index (χ1v) is 11.2. The molecule has 2 aromatic carbocycles. The summed E-state index contributed by atoms with van der Waals surface area (Å²) in [5.41, 5.74) is 0.628. The first kappa shape index (κ1) is 21.8. The molecule has 3 rings (SSSR count). The van der Waals surface area contributed by atoms with Crippen LogP contribution in [0.3, 0.4) is 0 Å². The molecule has 1 amide bonds. The van der Waals surface area contributed by atoms with Gasteiger partial charge in [-0.25, -0.2) is 13.2 Å². The summed E-state index contributed by atoms with van der Waals surface area (Å²) in [5.74, 6) is -0.913. The van der Waals surface area contributed by atoms with E-state index in [9.17, 15) is 18.0 Å². The minimum Gasteiger partial charge on any atom is -0.462 e. The number of para-hydroxylation sites is 1. The van der Waals surface area contributed by atoms with Gasteiger partial charge in [0.2, 0.25) is 0 Å². The monoisotopic (exact) mass is 432 g/mol. The smallest absolute Gasteiger partial charge is 0.338 e. The molecule has 160 valence electrons. The Labute approximate surface area is 175 Å². The average molecular weight is 432 g/mol. The predicted molar refractivity (Wildman–Crippen MR) is 111 cm³/mol. The fraction of sp³-hybridized carbons (Fsp3) is 0.333. The maximum absolute atomic E-state index is 12.8. The Morgan fingerprint density at radius 1 is 1.13 bits per heavy atom. The molecule has 0 unspecified atom stereocenters. The van der Waals surface area contributed by atoms with Gasteiger partial charge in [-0.15, -0.1) is 0 Å². The molecule has 1 aliphatic rings. The van der Waals surface area contributed by atoms with Gasteiger partial charge in [-0.05, 0) is 56.2 Å². The molecule has 8 nitrogen and oxygen atoms in total. The van der Waals surface area contributed by atoms with Crippen LogP contribution in [0.25, 0.3) is 0 Å². The van der Waals surface area contributed by atoms with Crippen LogP contribution in [0.1, 0.15) is 40.5 Å². The minimum atomic E-state index is -3.96. The SMILES string of the molecule is CCOC(=O)c1ccc(S(=O)(=O)Nc2ccccc2C(=O)NC[C@@H]2CCCO2)cc1. The van der Waals surface area contributed by atoms with Crippen LogP contribution in [0, 0.1) is 0 Å². The van der Waals surface area contributed by atoms with Gasteiger partial charge in [0, 0.05) is 13.2 Å². The Kier molecular flexibility index (Phi) is 7.07. The highest BCUT2D eigenvalue weighted by molar-refractivity contribution is 7.92. The Bertz CT molecular complexity index is 998. The van der Waals surface area contributed by atoms with Crippen molar-refractivity contribution in [1.82, 2.24) is 5.32 Å². The van der Waals surface area contributed by atoms with E-state index in [1.54, 1.807) is 25.1 Å². The summed E-state index contributed by atoms with van der Waals surface area (Å²) in [5, 5.41) is 2.79. The Morgan fingerprint density at radius 3 is 2.53 bits per heavy atom. The quantitative estimate of drug-likeness (QED) is 0.621. The Hall–Kier alpha value is -2.91. The van der Waals surface area contributed by atoms with Gasteiger partial charge in [-0.2, -0.15) is 0 Å². The first-order chi connectivity index (χ1) is 14.4. The zero-order chi connectivity index (χ0) is 21.6. The molecule has 1 fully saturated rings. The third-order valence-electron chi connectivity index (χ3n) is 4.61. The number of amides is 1. The molecule has 1 heterocycles. The second-order valence-electron chi connectivity index (χ2n) is 6.74. The van der Waals surface area contributed by atoms with E-state index in [2.05, 4.69) is 10.0 Å². The topological polar surface area (TPSA) is 111 Å². The zero-order valence-corrected chi connectivity index (χ0v) is 17.4. The molecule has 0 bridgehead atoms. The lowest BCUT2D eigenvalue weighted by Gasteiger charge is -2.14. The highest BCUT2D eigenvalue weighted by atomic mass is 32.2.